The van der Waals surface area contributed by atoms with E-state index < -0.39 is 11.3 Å². The van der Waals surface area contributed by atoms with E-state index in [1.165, 1.54) is 27.2 Å². The van der Waals surface area contributed by atoms with Crippen molar-refractivity contribution < 1.29 is 24.1 Å². The Labute approximate surface area is 244 Å². The number of nitrogens with one attached hydrogen (secondary N) is 2. The molecule has 1 heterocycles. The Hall–Kier alpha value is -4.44. The zero-order chi connectivity index (χ0) is 29.8. The highest BCUT2D eigenvalue weighted by Crippen LogP contribution is 2.59. The number of ketones is 1. The van der Waals surface area contributed by atoms with E-state index in [9.17, 15) is 19.5 Å². The van der Waals surface area contributed by atoms with E-state index in [-0.39, 0.29) is 33.8 Å². The lowest BCUT2D eigenvalue weighted by atomic mass is 9.80. The van der Waals surface area contributed by atoms with Crippen LogP contribution in [-0.4, -0.2) is 51.6 Å². The third-order valence-corrected chi connectivity index (χ3v) is 9.76. The van der Waals surface area contributed by atoms with Gasteiger partial charge in [0.15, 0.2) is 16.9 Å². The van der Waals surface area contributed by atoms with Crippen molar-refractivity contribution >= 4 is 78.1 Å². The second-order valence-electron chi connectivity index (χ2n) is 10.7. The van der Waals surface area contributed by atoms with Crippen LogP contribution in [0.15, 0.2) is 26.1 Å². The Morgan fingerprint density at radius 2 is 1.69 bits per heavy atom. The van der Waals surface area contributed by atoms with Crippen molar-refractivity contribution in [2.45, 2.75) is 24.7 Å². The summed E-state index contributed by atoms with van der Waals surface area (Å²) in [4.78, 5) is 42.3. The number of rotatable bonds is 5. The predicted molar refractivity (Wildman–Crippen MR) is 169 cm³/mol. The second-order valence-corrected chi connectivity index (χ2v) is 11.8. The van der Waals surface area contributed by atoms with Gasteiger partial charge in [-0.2, -0.15) is 0 Å². The number of carbonyl (C=O) groups excluding carboxylic acids is 1. The first-order valence-electron chi connectivity index (χ1n) is 13.5. The Kier molecular flexibility index (Phi) is 5.69. The minimum absolute atomic E-state index is 0.0516. The zero-order valence-electron chi connectivity index (χ0n) is 24.0. The van der Waals surface area contributed by atoms with Crippen LogP contribution in [0.4, 0.5) is 11.4 Å². The van der Waals surface area contributed by atoms with Gasteiger partial charge in [0.2, 0.25) is 5.43 Å². The smallest absolute Gasteiger partial charge is 0.212 e. The van der Waals surface area contributed by atoms with Gasteiger partial charge in [-0.1, -0.05) is 11.6 Å². The number of hydrogen-bond acceptors (Lipinski definition) is 10. The molecule has 7 rings (SSSR count). The molecule has 214 valence electrons. The molecule has 1 atom stereocenters. The highest BCUT2D eigenvalue weighted by atomic mass is 32.2. The van der Waals surface area contributed by atoms with E-state index in [0.717, 1.165) is 10.6 Å². The first-order chi connectivity index (χ1) is 20.2. The van der Waals surface area contributed by atoms with Crippen molar-refractivity contribution in [1.29, 1.82) is 0 Å². The van der Waals surface area contributed by atoms with Crippen molar-refractivity contribution in [3.8, 4) is 23.0 Å². The molecular formula is C32H28N2O7S. The van der Waals surface area contributed by atoms with Crippen molar-refractivity contribution in [2.24, 2.45) is 0 Å². The Balaban J connectivity index is 2.02. The summed E-state index contributed by atoms with van der Waals surface area (Å²) in [6, 6.07) is 1.34. The van der Waals surface area contributed by atoms with Crippen LogP contribution in [0.1, 0.15) is 30.9 Å². The SMILES string of the molecule is CNc1c2c3c4c(c(OC)c(O)c5c(=O)cc(OC)c(c6c(OC)c7c(c(c1=O)c36)NCCS7)c54)C(C(C)=O)C(C)=C2. The molecule has 0 spiro atoms. The lowest BCUT2D eigenvalue weighted by Crippen LogP contribution is -2.18. The summed E-state index contributed by atoms with van der Waals surface area (Å²) in [7, 11) is 6.17. The van der Waals surface area contributed by atoms with Crippen molar-refractivity contribution in [3.63, 3.8) is 0 Å². The highest BCUT2D eigenvalue weighted by molar-refractivity contribution is 7.99. The van der Waals surface area contributed by atoms with E-state index in [4.69, 9.17) is 14.2 Å². The molecule has 9 nitrogen and oxygen atoms in total. The normalized spacial score (nSPS) is 16.0. The summed E-state index contributed by atoms with van der Waals surface area (Å²) < 4.78 is 17.7. The minimum atomic E-state index is -0.809. The van der Waals surface area contributed by atoms with Crippen LogP contribution in [0, 0.1) is 0 Å². The van der Waals surface area contributed by atoms with Crippen LogP contribution >= 0.6 is 11.8 Å². The van der Waals surface area contributed by atoms with Gasteiger partial charge in [0.05, 0.1) is 54.3 Å². The number of fused-ring (bicyclic) bond motifs is 3. The molecule has 5 aromatic rings. The van der Waals surface area contributed by atoms with Gasteiger partial charge in [-0.05, 0) is 19.2 Å². The number of ether oxygens (including phenoxy) is 3. The fourth-order valence-electron chi connectivity index (χ4n) is 7.23. The summed E-state index contributed by atoms with van der Waals surface area (Å²) >= 11 is 1.59. The van der Waals surface area contributed by atoms with E-state index in [2.05, 4.69) is 10.6 Å². The number of benzene rings is 5. The average Bonchev–Trinajstić information content (AvgIpc) is 3.10. The third-order valence-electron chi connectivity index (χ3n) is 8.67. The van der Waals surface area contributed by atoms with Crippen molar-refractivity contribution in [1.82, 2.24) is 0 Å². The molecule has 0 saturated heterocycles. The van der Waals surface area contributed by atoms with Gasteiger partial charge in [0.25, 0.3) is 0 Å². The number of methoxy groups -OCH3 is 3. The molecular weight excluding hydrogens is 556 g/mol. The quantitative estimate of drug-likeness (QED) is 0.186. The molecule has 0 fully saturated rings. The number of phenolic OH excluding ortho intramolecular Hbond substituents is 1. The molecule has 3 N–H and O–H groups in total. The van der Waals surface area contributed by atoms with Gasteiger partial charge in [-0.15, -0.1) is 11.8 Å². The molecule has 1 unspecified atom stereocenters. The number of carbonyl (C=O) groups is 1. The number of phenols is 1. The van der Waals surface area contributed by atoms with Gasteiger partial charge in [-0.25, -0.2) is 0 Å². The van der Waals surface area contributed by atoms with Gasteiger partial charge in [0, 0.05) is 63.5 Å². The van der Waals surface area contributed by atoms with Crippen LogP contribution in [0.2, 0.25) is 0 Å². The average molecular weight is 585 g/mol. The van der Waals surface area contributed by atoms with Gasteiger partial charge in [0.1, 0.15) is 17.3 Å². The molecule has 0 amide bonds. The molecule has 0 radical (unpaired) electrons. The minimum Gasteiger partial charge on any atom is -0.504 e. The van der Waals surface area contributed by atoms with Crippen LogP contribution in [0.5, 0.6) is 23.0 Å². The summed E-state index contributed by atoms with van der Waals surface area (Å²) in [5.41, 5.74) is 2.12. The number of anilines is 2. The second kappa shape index (κ2) is 9.03. The first kappa shape index (κ1) is 26.5. The molecule has 2 aliphatic rings. The Morgan fingerprint density at radius 3 is 2.33 bits per heavy atom. The number of aromatic hydroxyl groups is 1. The molecule has 1 aliphatic heterocycles. The van der Waals surface area contributed by atoms with E-state index >= 15 is 0 Å². The largest absolute Gasteiger partial charge is 0.504 e. The molecule has 5 aromatic carbocycles. The standard InChI is InChI=1S/C32H28N2O7S/c1-11-9-13-17-20-22-18(29(38)30(40-5)23(20)16(11)12(2)35)14(36)10-15(39-4)19(22)24-21(17)25(28(37)26(13)33-3)27-32(31(24)41-6)42-8-7-34-27/h9-10,16,33-34,38H,7-8H2,1-6H3. The van der Waals surface area contributed by atoms with Crippen molar-refractivity contribution in [3.05, 3.63) is 43.2 Å². The maximum atomic E-state index is 14.5. The molecule has 1 aliphatic carbocycles. The molecule has 0 bridgehead atoms. The van der Waals surface area contributed by atoms with Crippen molar-refractivity contribution in [2.75, 3.05) is 51.3 Å². The number of Topliss-reactive ketones (excluding diaryl/α,β-unsaturated/α-hetero) is 1. The Bertz CT molecular complexity index is 2190. The number of hydrogen-bond donors (Lipinski definition) is 3. The highest BCUT2D eigenvalue weighted by Gasteiger charge is 2.38. The monoisotopic (exact) mass is 584 g/mol. The molecule has 0 saturated carbocycles. The van der Waals surface area contributed by atoms with Gasteiger partial charge >= 0.3 is 0 Å². The van der Waals surface area contributed by atoms with E-state index in [1.807, 2.05) is 13.0 Å². The molecule has 0 aromatic heterocycles. The van der Waals surface area contributed by atoms with Crippen LogP contribution in [-0.2, 0) is 4.79 Å². The lowest BCUT2D eigenvalue weighted by molar-refractivity contribution is -0.117. The third kappa shape index (κ3) is 3.02. The summed E-state index contributed by atoms with van der Waals surface area (Å²) in [6.07, 6.45) is 1.86. The van der Waals surface area contributed by atoms with E-state index in [1.54, 1.807) is 25.9 Å². The fraction of sp³-hybridized carbons (Fsp3) is 0.281. The van der Waals surface area contributed by atoms with Crippen LogP contribution in [0.25, 0.3) is 49.2 Å². The maximum Gasteiger partial charge on any atom is 0.212 e. The Morgan fingerprint density at radius 1 is 0.976 bits per heavy atom. The first-order valence-corrected chi connectivity index (χ1v) is 14.5. The predicted octanol–water partition coefficient (Wildman–Crippen LogP) is 5.28. The van der Waals surface area contributed by atoms with Gasteiger partial charge < -0.3 is 30.0 Å². The molecule has 42 heavy (non-hydrogen) atoms. The molecule has 10 heteroatoms. The zero-order valence-corrected chi connectivity index (χ0v) is 24.8. The van der Waals surface area contributed by atoms with Crippen LogP contribution < -0.4 is 35.7 Å². The topological polar surface area (TPSA) is 123 Å². The van der Waals surface area contributed by atoms with Crippen LogP contribution in [0.3, 0.4) is 0 Å². The summed E-state index contributed by atoms with van der Waals surface area (Å²) in [6.45, 7) is 3.98. The fourth-order valence-corrected chi connectivity index (χ4v) is 8.28. The van der Waals surface area contributed by atoms with Gasteiger partial charge in [-0.3, -0.25) is 14.4 Å². The number of thioether (sulfide) groups is 1. The maximum absolute atomic E-state index is 14.5. The lowest BCUT2D eigenvalue weighted by Gasteiger charge is -2.28. The summed E-state index contributed by atoms with van der Waals surface area (Å²) in [5.74, 6) is 0.313. The summed E-state index contributed by atoms with van der Waals surface area (Å²) in [5, 5.41) is 22.2. The van der Waals surface area contributed by atoms with E-state index in [0.29, 0.717) is 78.1 Å². The number of allylic oxidation sites excluding steroid dienone is 1.